The van der Waals surface area contributed by atoms with E-state index in [2.05, 4.69) is 18.3 Å². The summed E-state index contributed by atoms with van der Waals surface area (Å²) >= 11 is 5.81. The Morgan fingerprint density at radius 2 is 2.27 bits per heavy atom. The van der Waals surface area contributed by atoms with E-state index in [0.717, 1.165) is 0 Å². The third-order valence-electron chi connectivity index (χ3n) is 1.87. The Hall–Kier alpha value is -1.88. The Bertz CT molecular complexity index is 457. The smallest absolute Gasteiger partial charge is 0.295 e. The van der Waals surface area contributed by atoms with Gasteiger partial charge in [0.05, 0.1) is 9.95 Å². The molecule has 2 N–H and O–H groups in total. The number of anilines is 1. The molecule has 0 aliphatic heterocycles. The highest BCUT2D eigenvalue weighted by Crippen LogP contribution is 2.39. The van der Waals surface area contributed by atoms with Crippen LogP contribution in [0.3, 0.4) is 0 Å². The van der Waals surface area contributed by atoms with Crippen LogP contribution in [-0.2, 0) is 0 Å². The minimum Gasteiger partial charge on any atom is -0.391 e. The summed E-state index contributed by atoms with van der Waals surface area (Å²) in [4.78, 5) is 13.6. The monoisotopic (exact) mass is 225 g/mol. The van der Waals surface area contributed by atoms with E-state index in [1.54, 1.807) is 0 Å². The van der Waals surface area contributed by atoms with E-state index in [-0.39, 0.29) is 22.1 Å². The molecule has 0 aliphatic carbocycles. The first-order valence-corrected chi connectivity index (χ1v) is 4.26. The summed E-state index contributed by atoms with van der Waals surface area (Å²) in [5.41, 5.74) is 5.84. The minimum absolute atomic E-state index is 0.0608. The lowest BCUT2D eigenvalue weighted by Gasteiger charge is -2.06. The maximum absolute atomic E-state index is 10.6. The number of nitro benzene ring substituents is 1. The average Bonchev–Trinajstić information content (AvgIpc) is 2.19. The fourth-order valence-corrected chi connectivity index (χ4v) is 1.44. The lowest BCUT2D eigenvalue weighted by molar-refractivity contribution is -0.383. The second-order valence-corrected chi connectivity index (χ2v) is 3.08. The van der Waals surface area contributed by atoms with Crippen molar-refractivity contribution < 1.29 is 4.92 Å². The molecule has 0 spiro atoms. The molecule has 1 rings (SSSR count). The second-order valence-electron chi connectivity index (χ2n) is 2.67. The van der Waals surface area contributed by atoms with Gasteiger partial charge in [-0.25, -0.2) is 0 Å². The van der Waals surface area contributed by atoms with Crippen molar-refractivity contribution in [3.8, 4) is 0 Å². The third-order valence-corrected chi connectivity index (χ3v) is 2.18. The van der Waals surface area contributed by atoms with Gasteiger partial charge >= 0.3 is 0 Å². The molecule has 1 aromatic carbocycles. The molecule has 0 amide bonds. The molecule has 6 heteroatoms. The Kier molecular flexibility index (Phi) is 3.06. The number of hydrogen-bond acceptors (Lipinski definition) is 4. The van der Waals surface area contributed by atoms with Crippen molar-refractivity contribution in [2.24, 2.45) is 4.99 Å². The van der Waals surface area contributed by atoms with Gasteiger partial charge in [-0.15, -0.1) is 0 Å². The fourth-order valence-electron chi connectivity index (χ4n) is 1.17. The lowest BCUT2D eigenvalue weighted by atomic mass is 10.1. The van der Waals surface area contributed by atoms with Gasteiger partial charge in [-0.05, 0) is 6.72 Å². The van der Waals surface area contributed by atoms with Crippen molar-refractivity contribution >= 4 is 41.5 Å². The van der Waals surface area contributed by atoms with Crippen molar-refractivity contribution in [2.45, 2.75) is 0 Å². The van der Waals surface area contributed by atoms with Crippen molar-refractivity contribution in [3.05, 3.63) is 33.3 Å². The van der Waals surface area contributed by atoms with E-state index in [0.29, 0.717) is 5.56 Å². The van der Waals surface area contributed by atoms with Gasteiger partial charge < -0.3 is 5.73 Å². The molecule has 78 valence electrons. The highest BCUT2D eigenvalue weighted by Gasteiger charge is 2.19. The molecule has 15 heavy (non-hydrogen) atoms. The Morgan fingerprint density at radius 3 is 2.67 bits per heavy atom. The van der Waals surface area contributed by atoms with E-state index >= 15 is 0 Å². The zero-order valence-electron chi connectivity index (χ0n) is 7.74. The number of nitrogen functional groups attached to an aromatic ring is 1. The van der Waals surface area contributed by atoms with Gasteiger partial charge in [0.15, 0.2) is 0 Å². The first-order valence-electron chi connectivity index (χ1n) is 3.88. The number of nitro groups is 1. The quantitative estimate of drug-likeness (QED) is 0.372. The van der Waals surface area contributed by atoms with Crippen molar-refractivity contribution in [2.75, 3.05) is 5.73 Å². The summed E-state index contributed by atoms with van der Waals surface area (Å²) in [7, 11) is 0. The fraction of sp³-hybridized carbons (Fsp3) is 0. The second kappa shape index (κ2) is 4.10. The van der Waals surface area contributed by atoms with Gasteiger partial charge in [-0.1, -0.05) is 24.3 Å². The van der Waals surface area contributed by atoms with Gasteiger partial charge in [0.1, 0.15) is 11.4 Å². The first kappa shape index (κ1) is 11.2. The number of aliphatic imine (C=N–C) groups is 1. The van der Waals surface area contributed by atoms with E-state index < -0.39 is 4.92 Å². The van der Waals surface area contributed by atoms with Gasteiger partial charge in [0.25, 0.3) is 5.69 Å². The average molecular weight is 226 g/mol. The molecule has 0 saturated carbocycles. The predicted molar refractivity (Wildman–Crippen MR) is 61.8 cm³/mol. The van der Waals surface area contributed by atoms with Crippen LogP contribution >= 0.6 is 11.6 Å². The minimum atomic E-state index is -0.622. The molecule has 0 unspecified atom stereocenters. The molecule has 0 aliphatic rings. The highest BCUT2D eigenvalue weighted by molar-refractivity contribution is 6.33. The topological polar surface area (TPSA) is 81.5 Å². The molecular weight excluding hydrogens is 218 g/mol. The summed E-state index contributed by atoms with van der Waals surface area (Å²) in [6.45, 7) is 6.80. The van der Waals surface area contributed by atoms with Crippen LogP contribution in [0, 0.1) is 10.1 Å². The molecule has 0 aromatic heterocycles. The molecule has 0 bridgehead atoms. The maximum Gasteiger partial charge on any atom is 0.295 e. The van der Waals surface area contributed by atoms with Crippen LogP contribution in [-0.4, -0.2) is 11.6 Å². The Balaban J connectivity index is 3.65. The molecular formula is C9H8ClN3O2. The van der Waals surface area contributed by atoms with Crippen LogP contribution < -0.4 is 5.73 Å². The normalized spacial score (nSPS) is 9.67. The lowest BCUT2D eigenvalue weighted by Crippen LogP contribution is -1.97. The summed E-state index contributed by atoms with van der Waals surface area (Å²) in [6, 6.07) is 1.17. The zero-order valence-corrected chi connectivity index (χ0v) is 8.49. The summed E-state index contributed by atoms with van der Waals surface area (Å²) < 4.78 is 0. The first-order chi connectivity index (χ1) is 7.02. The van der Waals surface area contributed by atoms with Crippen LogP contribution in [0.15, 0.2) is 17.6 Å². The molecule has 0 radical (unpaired) electrons. The molecule has 0 atom stereocenters. The highest BCUT2D eigenvalue weighted by atomic mass is 35.5. The van der Waals surface area contributed by atoms with Gasteiger partial charge in [0, 0.05) is 11.6 Å². The maximum atomic E-state index is 10.6. The third kappa shape index (κ3) is 1.82. The summed E-state index contributed by atoms with van der Waals surface area (Å²) in [5.74, 6) is 0. The van der Waals surface area contributed by atoms with Gasteiger partial charge in [-0.3, -0.25) is 15.1 Å². The molecule has 0 fully saturated rings. The van der Waals surface area contributed by atoms with Crippen molar-refractivity contribution in [1.29, 1.82) is 0 Å². The zero-order chi connectivity index (χ0) is 11.6. The van der Waals surface area contributed by atoms with E-state index in [4.69, 9.17) is 17.3 Å². The summed E-state index contributed by atoms with van der Waals surface area (Å²) in [5, 5.41) is 10.8. The van der Waals surface area contributed by atoms with Crippen LogP contribution in [0.2, 0.25) is 5.02 Å². The SMILES string of the molecule is C=Cc1c(Cl)cc([N+](=O)[O-])c(N)c1N=C. The van der Waals surface area contributed by atoms with Gasteiger partial charge in [-0.2, -0.15) is 0 Å². The number of rotatable bonds is 3. The van der Waals surface area contributed by atoms with Crippen molar-refractivity contribution in [3.63, 3.8) is 0 Å². The van der Waals surface area contributed by atoms with Crippen LogP contribution in [0.1, 0.15) is 5.56 Å². The number of nitrogens with zero attached hydrogens (tertiary/aromatic N) is 2. The number of halogens is 1. The largest absolute Gasteiger partial charge is 0.391 e. The van der Waals surface area contributed by atoms with Crippen LogP contribution in [0.25, 0.3) is 6.08 Å². The van der Waals surface area contributed by atoms with E-state index in [9.17, 15) is 10.1 Å². The molecule has 0 heterocycles. The Morgan fingerprint density at radius 1 is 1.67 bits per heavy atom. The van der Waals surface area contributed by atoms with Gasteiger partial charge in [0.2, 0.25) is 0 Å². The summed E-state index contributed by atoms with van der Waals surface area (Å²) in [6.07, 6.45) is 1.42. The molecule has 5 nitrogen and oxygen atoms in total. The van der Waals surface area contributed by atoms with Crippen LogP contribution in [0.5, 0.6) is 0 Å². The molecule has 0 saturated heterocycles. The van der Waals surface area contributed by atoms with E-state index in [1.165, 1.54) is 12.1 Å². The van der Waals surface area contributed by atoms with Crippen LogP contribution in [0.4, 0.5) is 17.1 Å². The van der Waals surface area contributed by atoms with Crippen molar-refractivity contribution in [1.82, 2.24) is 0 Å². The standard InChI is InChI=1S/C9H8ClN3O2/c1-3-5-6(10)4-7(13(14)15)8(11)9(5)12-2/h3-4H,1-2,11H2. The number of hydrogen-bond donors (Lipinski definition) is 1. The molecule has 1 aromatic rings. The Labute approximate surface area is 91.0 Å². The number of benzene rings is 1. The predicted octanol–water partition coefficient (Wildman–Crippen LogP) is 2.81. The van der Waals surface area contributed by atoms with E-state index in [1.807, 2.05) is 0 Å². The number of nitrogens with two attached hydrogens (primary N) is 1.